The fourth-order valence-corrected chi connectivity index (χ4v) is 1.44. The summed E-state index contributed by atoms with van der Waals surface area (Å²) in [6.07, 6.45) is 2.47. The second-order valence-corrected chi connectivity index (χ2v) is 3.94. The number of rotatable bonds is 4. The molecule has 0 atom stereocenters. The fraction of sp³-hybridized carbons (Fsp3) is 0.500. The van der Waals surface area contributed by atoms with Crippen LogP contribution >= 0.6 is 34.1 Å². The molecule has 0 radical (unpaired) electrons. The van der Waals surface area contributed by atoms with E-state index in [0.29, 0.717) is 4.88 Å². The first-order valence-corrected chi connectivity index (χ1v) is 5.76. The molecule has 12 heavy (non-hydrogen) atoms. The molecule has 1 N–H and O–H groups in total. The van der Waals surface area contributed by atoms with Crippen LogP contribution in [0.5, 0.6) is 0 Å². The lowest BCUT2D eigenvalue weighted by molar-refractivity contribution is 0.0957. The van der Waals surface area contributed by atoms with E-state index in [1.165, 1.54) is 6.20 Å². The van der Waals surface area contributed by atoms with Gasteiger partial charge in [0.15, 0.2) is 0 Å². The quantitative estimate of drug-likeness (QED) is 0.514. The molecular weight excluding hydrogens is 289 g/mol. The van der Waals surface area contributed by atoms with Gasteiger partial charge in [0.05, 0.1) is 6.20 Å². The number of carbonyl (C=O) groups excluding carboxylic acids is 1. The molecule has 0 saturated heterocycles. The Morgan fingerprint density at radius 1 is 1.75 bits per heavy atom. The van der Waals surface area contributed by atoms with E-state index in [-0.39, 0.29) is 5.91 Å². The molecule has 0 saturated carbocycles. The van der Waals surface area contributed by atoms with Gasteiger partial charge in [-0.15, -0.1) is 5.10 Å². The third-order valence-corrected chi connectivity index (χ3v) is 2.61. The van der Waals surface area contributed by atoms with E-state index in [4.69, 9.17) is 0 Å². The van der Waals surface area contributed by atoms with Crippen molar-refractivity contribution in [3.8, 4) is 0 Å². The van der Waals surface area contributed by atoms with Crippen LogP contribution in [-0.2, 0) is 0 Å². The SMILES string of the molecule is O=C(NCCCI)c1cnns1. The Labute approximate surface area is 88.1 Å². The van der Waals surface area contributed by atoms with Gasteiger partial charge in [0, 0.05) is 11.0 Å². The van der Waals surface area contributed by atoms with Crippen LogP contribution in [0.1, 0.15) is 16.1 Å². The van der Waals surface area contributed by atoms with Gasteiger partial charge in [-0.3, -0.25) is 4.79 Å². The van der Waals surface area contributed by atoms with Gasteiger partial charge in [0.2, 0.25) is 0 Å². The van der Waals surface area contributed by atoms with Crippen LogP contribution in [0.2, 0.25) is 0 Å². The molecule has 0 aliphatic carbocycles. The summed E-state index contributed by atoms with van der Waals surface area (Å²) < 4.78 is 4.66. The third kappa shape index (κ3) is 3.02. The van der Waals surface area contributed by atoms with Crippen LogP contribution in [0.3, 0.4) is 0 Å². The van der Waals surface area contributed by atoms with Crippen LogP contribution in [0.4, 0.5) is 0 Å². The lowest BCUT2D eigenvalue weighted by Gasteiger charge is -1.98. The van der Waals surface area contributed by atoms with E-state index in [1.54, 1.807) is 0 Å². The minimum absolute atomic E-state index is 0.0742. The molecule has 1 aromatic heterocycles. The van der Waals surface area contributed by atoms with Crippen LogP contribution in [0, 0.1) is 0 Å². The molecule has 0 aromatic carbocycles. The maximum atomic E-state index is 11.2. The Bertz CT molecular complexity index is 239. The van der Waals surface area contributed by atoms with Crippen molar-refractivity contribution in [2.45, 2.75) is 6.42 Å². The summed E-state index contributed by atoms with van der Waals surface area (Å²) in [7, 11) is 0. The molecule has 1 aromatic rings. The van der Waals surface area contributed by atoms with Gasteiger partial charge in [-0.2, -0.15) is 0 Å². The summed E-state index contributed by atoms with van der Waals surface area (Å²) in [5, 5.41) is 6.35. The molecule has 4 nitrogen and oxygen atoms in total. The van der Waals surface area contributed by atoms with Crippen LogP contribution in [0.25, 0.3) is 0 Å². The summed E-state index contributed by atoms with van der Waals surface area (Å²) in [4.78, 5) is 11.8. The van der Waals surface area contributed by atoms with E-state index in [2.05, 4.69) is 37.5 Å². The number of nitrogens with zero attached hydrogens (tertiary/aromatic N) is 2. The minimum Gasteiger partial charge on any atom is -0.351 e. The number of hydrogen-bond acceptors (Lipinski definition) is 4. The van der Waals surface area contributed by atoms with Crippen molar-refractivity contribution in [3.63, 3.8) is 0 Å². The first kappa shape index (κ1) is 9.85. The monoisotopic (exact) mass is 297 g/mol. The van der Waals surface area contributed by atoms with Gasteiger partial charge in [0.25, 0.3) is 5.91 Å². The van der Waals surface area contributed by atoms with Gasteiger partial charge < -0.3 is 5.32 Å². The second kappa shape index (κ2) is 5.41. The average Bonchev–Trinajstić information content (AvgIpc) is 2.56. The largest absolute Gasteiger partial charge is 0.351 e. The maximum Gasteiger partial charge on any atom is 0.264 e. The zero-order valence-corrected chi connectivity index (χ0v) is 9.26. The highest BCUT2D eigenvalue weighted by Crippen LogP contribution is 2.00. The van der Waals surface area contributed by atoms with E-state index >= 15 is 0 Å². The van der Waals surface area contributed by atoms with Crippen LogP contribution in [0.15, 0.2) is 6.20 Å². The summed E-state index contributed by atoms with van der Waals surface area (Å²) in [5.41, 5.74) is 0. The Kier molecular flexibility index (Phi) is 4.44. The molecule has 0 aliphatic rings. The summed E-state index contributed by atoms with van der Waals surface area (Å²) in [6.45, 7) is 0.722. The van der Waals surface area contributed by atoms with E-state index in [9.17, 15) is 4.79 Å². The third-order valence-electron chi connectivity index (χ3n) is 1.18. The molecule has 0 fully saturated rings. The lowest BCUT2D eigenvalue weighted by atomic mass is 10.4. The zero-order chi connectivity index (χ0) is 8.81. The summed E-state index contributed by atoms with van der Waals surface area (Å²) in [5.74, 6) is -0.0742. The van der Waals surface area contributed by atoms with Crippen molar-refractivity contribution in [1.29, 1.82) is 0 Å². The minimum atomic E-state index is -0.0742. The Morgan fingerprint density at radius 3 is 3.17 bits per heavy atom. The molecule has 0 spiro atoms. The number of halogens is 1. The standard InChI is InChI=1S/C6H8IN3OS/c7-2-1-3-8-6(11)5-4-9-10-12-5/h4H,1-3H2,(H,8,11). The molecule has 0 unspecified atom stereocenters. The molecule has 0 aliphatic heterocycles. The maximum absolute atomic E-state index is 11.2. The summed E-state index contributed by atoms with van der Waals surface area (Å²) in [6, 6.07) is 0. The number of hydrogen-bond donors (Lipinski definition) is 1. The molecule has 1 heterocycles. The smallest absolute Gasteiger partial charge is 0.264 e. The van der Waals surface area contributed by atoms with Crippen molar-refractivity contribution < 1.29 is 4.79 Å². The van der Waals surface area contributed by atoms with Gasteiger partial charge in [-0.25, -0.2) is 0 Å². The highest BCUT2D eigenvalue weighted by Gasteiger charge is 2.05. The first-order valence-electron chi connectivity index (χ1n) is 3.46. The van der Waals surface area contributed by atoms with Crippen molar-refractivity contribution in [2.24, 2.45) is 0 Å². The fourth-order valence-electron chi connectivity index (χ4n) is 0.623. The zero-order valence-electron chi connectivity index (χ0n) is 6.29. The highest BCUT2D eigenvalue weighted by molar-refractivity contribution is 14.1. The molecule has 1 amide bonds. The van der Waals surface area contributed by atoms with Crippen LogP contribution in [-0.4, -0.2) is 26.5 Å². The molecular formula is C6H8IN3OS. The predicted octanol–water partition coefficient (Wildman–Crippen LogP) is 1.09. The van der Waals surface area contributed by atoms with Gasteiger partial charge in [-0.1, -0.05) is 27.1 Å². The predicted molar refractivity (Wildman–Crippen MR) is 55.7 cm³/mol. The van der Waals surface area contributed by atoms with Gasteiger partial charge in [-0.05, 0) is 18.0 Å². The number of nitrogens with one attached hydrogen (secondary N) is 1. The Morgan fingerprint density at radius 2 is 2.58 bits per heavy atom. The molecule has 6 heteroatoms. The normalized spacial score (nSPS) is 9.75. The summed E-state index contributed by atoms with van der Waals surface area (Å²) >= 11 is 3.39. The van der Waals surface area contributed by atoms with E-state index < -0.39 is 0 Å². The van der Waals surface area contributed by atoms with Crippen molar-refractivity contribution in [3.05, 3.63) is 11.1 Å². The van der Waals surface area contributed by atoms with E-state index in [1.807, 2.05) is 0 Å². The first-order chi connectivity index (χ1) is 5.84. The molecule has 1 rings (SSSR count). The van der Waals surface area contributed by atoms with Crippen LogP contribution < -0.4 is 5.32 Å². The number of alkyl halides is 1. The number of amides is 1. The van der Waals surface area contributed by atoms with Crippen molar-refractivity contribution in [1.82, 2.24) is 14.9 Å². The Hall–Kier alpha value is -0.240. The lowest BCUT2D eigenvalue weighted by Crippen LogP contribution is -2.23. The van der Waals surface area contributed by atoms with Gasteiger partial charge in [0.1, 0.15) is 4.88 Å². The topological polar surface area (TPSA) is 54.9 Å². The number of aromatic nitrogens is 2. The van der Waals surface area contributed by atoms with E-state index in [0.717, 1.165) is 28.9 Å². The van der Waals surface area contributed by atoms with Crippen molar-refractivity contribution in [2.75, 3.05) is 11.0 Å². The van der Waals surface area contributed by atoms with Gasteiger partial charge >= 0.3 is 0 Å². The van der Waals surface area contributed by atoms with Crippen molar-refractivity contribution >= 4 is 40.0 Å². The molecule has 0 bridgehead atoms. The Balaban J connectivity index is 2.30. The average molecular weight is 297 g/mol. The number of carbonyl (C=O) groups is 1. The molecule has 66 valence electrons. The second-order valence-electron chi connectivity index (χ2n) is 2.08. The highest BCUT2D eigenvalue weighted by atomic mass is 127.